The third-order valence-electron chi connectivity index (χ3n) is 7.25. The minimum Gasteiger partial charge on any atom is -0.376 e. The first kappa shape index (κ1) is 29.5. The Labute approximate surface area is 257 Å². The monoisotopic (exact) mass is 616 g/mol. The number of rotatable bonds is 4. The molecular weight excluding hydrogens is 591 g/mol. The molecule has 42 heavy (non-hydrogen) atoms. The number of thioether (sulfide) groups is 1. The molecule has 2 aromatic heterocycles. The molecule has 0 saturated heterocycles. The van der Waals surface area contributed by atoms with Gasteiger partial charge in [0.25, 0.3) is 0 Å². The lowest BCUT2D eigenvalue weighted by molar-refractivity contribution is 0.612. The molecule has 0 amide bonds. The van der Waals surface area contributed by atoms with E-state index in [1.165, 1.54) is 0 Å². The van der Waals surface area contributed by atoms with Crippen molar-refractivity contribution in [3.8, 4) is 27.7 Å². The van der Waals surface area contributed by atoms with Crippen molar-refractivity contribution in [2.75, 3.05) is 5.32 Å². The maximum Gasteiger partial charge on any atom is 0.177 e. The van der Waals surface area contributed by atoms with E-state index in [1.807, 2.05) is 24.3 Å². The number of nitrogens with two attached hydrogens (primary N) is 1. The van der Waals surface area contributed by atoms with Crippen molar-refractivity contribution in [3.63, 3.8) is 0 Å². The summed E-state index contributed by atoms with van der Waals surface area (Å²) in [6.07, 6.45) is 11.8. The fourth-order valence-electron chi connectivity index (χ4n) is 5.50. The summed E-state index contributed by atoms with van der Waals surface area (Å²) in [6, 6.07) is 10.5. The minimum absolute atomic E-state index is 0.0896. The standard InChI is InChI=1S/C16H15FN4S2.C15H11FN2S/c17-13-8-12(9-4-6-19-7-5-9)14(11-3-1-2-10(11)13)20-16(23)21-15(18)22;16-14-8-13(10-4-6-18-7-5-10)15(19-9-17)12-3-1-2-11(12)14/h4-8H,1-3H2,(H4,18,20,21,22,23);4-8H,1-3H2. The Morgan fingerprint density at radius 3 is 1.88 bits per heavy atom. The number of hydrogen-bond donors (Lipinski definition) is 3. The molecule has 0 saturated carbocycles. The lowest BCUT2D eigenvalue weighted by Gasteiger charge is -2.18. The van der Waals surface area contributed by atoms with E-state index in [4.69, 9.17) is 35.4 Å². The van der Waals surface area contributed by atoms with Gasteiger partial charge in [-0.3, -0.25) is 9.97 Å². The van der Waals surface area contributed by atoms with E-state index in [0.29, 0.717) is 5.11 Å². The Balaban J connectivity index is 0.000000171. The zero-order chi connectivity index (χ0) is 29.6. The van der Waals surface area contributed by atoms with Crippen molar-refractivity contribution in [1.29, 1.82) is 5.26 Å². The predicted octanol–water partition coefficient (Wildman–Crippen LogP) is 6.86. The van der Waals surface area contributed by atoms with Crippen LogP contribution in [0.5, 0.6) is 0 Å². The van der Waals surface area contributed by atoms with E-state index in [1.54, 1.807) is 36.9 Å². The second-order valence-corrected chi connectivity index (χ2v) is 11.4. The Bertz CT molecular complexity index is 1690. The van der Waals surface area contributed by atoms with E-state index < -0.39 is 0 Å². The molecule has 11 heteroatoms. The van der Waals surface area contributed by atoms with Crippen LogP contribution in [-0.2, 0) is 25.7 Å². The highest BCUT2D eigenvalue weighted by Gasteiger charge is 2.24. The SMILES string of the molecule is N#CSc1c(-c2ccncc2)cc(F)c2c1CCC2.NC(=S)NC(=S)Nc1c(-c2ccncc2)cc(F)c2c1CCC2. The van der Waals surface area contributed by atoms with Gasteiger partial charge in [-0.25, -0.2) is 8.78 Å². The maximum absolute atomic E-state index is 14.4. The molecule has 2 aromatic carbocycles. The summed E-state index contributed by atoms with van der Waals surface area (Å²) in [4.78, 5) is 8.89. The highest BCUT2D eigenvalue weighted by Crippen LogP contribution is 2.41. The largest absolute Gasteiger partial charge is 0.376 e. The predicted molar refractivity (Wildman–Crippen MR) is 171 cm³/mol. The molecule has 2 aliphatic rings. The highest BCUT2D eigenvalue weighted by molar-refractivity contribution is 8.03. The number of fused-ring (bicyclic) bond motifs is 2. The van der Waals surface area contributed by atoms with Crippen LogP contribution in [0.4, 0.5) is 14.5 Å². The van der Waals surface area contributed by atoms with Gasteiger partial charge in [-0.2, -0.15) is 5.26 Å². The Kier molecular flexibility index (Phi) is 9.37. The van der Waals surface area contributed by atoms with Crippen molar-refractivity contribution >= 4 is 52.1 Å². The molecular formula is C31H26F2N6S3. The average Bonchev–Trinajstić information content (AvgIpc) is 3.68. The number of aromatic nitrogens is 2. The van der Waals surface area contributed by atoms with Crippen LogP contribution in [0.25, 0.3) is 22.3 Å². The molecule has 6 rings (SSSR count). The molecule has 0 bridgehead atoms. The average molecular weight is 617 g/mol. The maximum atomic E-state index is 14.4. The van der Waals surface area contributed by atoms with Gasteiger partial charge in [0, 0.05) is 35.2 Å². The summed E-state index contributed by atoms with van der Waals surface area (Å²) >= 11 is 11.2. The van der Waals surface area contributed by atoms with E-state index in [-0.39, 0.29) is 16.7 Å². The summed E-state index contributed by atoms with van der Waals surface area (Å²) in [6.45, 7) is 0. The Morgan fingerprint density at radius 2 is 1.31 bits per heavy atom. The Morgan fingerprint density at radius 1 is 0.810 bits per heavy atom. The summed E-state index contributed by atoms with van der Waals surface area (Å²) in [5, 5.41) is 17.3. The molecule has 0 spiro atoms. The van der Waals surface area contributed by atoms with Gasteiger partial charge in [0.15, 0.2) is 10.2 Å². The quantitative estimate of drug-likeness (QED) is 0.129. The zero-order valence-electron chi connectivity index (χ0n) is 22.4. The molecule has 0 radical (unpaired) electrons. The van der Waals surface area contributed by atoms with Crippen LogP contribution in [0.2, 0.25) is 0 Å². The molecule has 4 aromatic rings. The molecule has 212 valence electrons. The topological polar surface area (TPSA) is 99.7 Å². The summed E-state index contributed by atoms with van der Waals surface area (Å²) in [7, 11) is 0. The van der Waals surface area contributed by atoms with Gasteiger partial charge in [-0.1, -0.05) is 0 Å². The van der Waals surface area contributed by atoms with Crippen LogP contribution in [0, 0.1) is 22.3 Å². The fourth-order valence-corrected chi connectivity index (χ4v) is 6.60. The smallest absolute Gasteiger partial charge is 0.177 e. The molecule has 0 aliphatic heterocycles. The number of nitrogens with zero attached hydrogens (tertiary/aromatic N) is 3. The lowest BCUT2D eigenvalue weighted by Crippen LogP contribution is -2.38. The van der Waals surface area contributed by atoms with Crippen LogP contribution in [0.1, 0.15) is 35.1 Å². The number of halogens is 2. The van der Waals surface area contributed by atoms with Gasteiger partial charge in [0.2, 0.25) is 0 Å². The minimum atomic E-state index is -0.178. The number of anilines is 1. The van der Waals surface area contributed by atoms with Gasteiger partial charge in [0.05, 0.1) is 5.69 Å². The van der Waals surface area contributed by atoms with Crippen LogP contribution in [0.3, 0.4) is 0 Å². The molecule has 6 nitrogen and oxygen atoms in total. The number of benzene rings is 2. The second-order valence-electron chi connectivity index (χ2n) is 9.75. The molecule has 0 atom stereocenters. The normalized spacial score (nSPS) is 12.8. The van der Waals surface area contributed by atoms with E-state index in [0.717, 1.165) is 105 Å². The third-order valence-corrected chi connectivity index (χ3v) is 8.32. The first-order valence-corrected chi connectivity index (χ1v) is 14.9. The van der Waals surface area contributed by atoms with Crippen molar-refractivity contribution in [1.82, 2.24) is 15.3 Å². The number of nitrogens with one attached hydrogen (secondary N) is 2. The summed E-state index contributed by atoms with van der Waals surface area (Å²) < 4.78 is 28.6. The number of pyridine rings is 2. The lowest BCUT2D eigenvalue weighted by atomic mass is 9.97. The molecule has 4 N–H and O–H groups in total. The summed E-state index contributed by atoms with van der Waals surface area (Å²) in [5.41, 5.74) is 13.1. The van der Waals surface area contributed by atoms with Gasteiger partial charge in [-0.15, -0.1) is 0 Å². The number of thiocyanates is 1. The van der Waals surface area contributed by atoms with E-state index >= 15 is 0 Å². The summed E-state index contributed by atoms with van der Waals surface area (Å²) in [5.74, 6) is -0.329. The number of hydrogen-bond acceptors (Lipinski definition) is 6. The van der Waals surface area contributed by atoms with Crippen molar-refractivity contribution in [2.24, 2.45) is 5.73 Å². The highest BCUT2D eigenvalue weighted by atomic mass is 32.2. The number of thiocarbonyl (C=S) groups is 2. The van der Waals surface area contributed by atoms with E-state index in [2.05, 4.69) is 26.0 Å². The molecule has 0 fully saturated rings. The van der Waals surface area contributed by atoms with Gasteiger partial charge in [0.1, 0.15) is 17.0 Å². The zero-order valence-corrected chi connectivity index (χ0v) is 24.9. The van der Waals surface area contributed by atoms with Crippen LogP contribution >= 0.6 is 36.2 Å². The molecule has 2 aliphatic carbocycles. The van der Waals surface area contributed by atoms with Gasteiger partial charge in [-0.05, 0) is 150 Å². The van der Waals surface area contributed by atoms with Crippen molar-refractivity contribution in [2.45, 2.75) is 43.4 Å². The van der Waals surface area contributed by atoms with Crippen molar-refractivity contribution < 1.29 is 8.78 Å². The first-order valence-electron chi connectivity index (χ1n) is 13.3. The number of nitriles is 1. The Hall–Kier alpha value is -3.98. The van der Waals surface area contributed by atoms with Crippen LogP contribution < -0.4 is 16.4 Å². The molecule has 2 heterocycles. The van der Waals surface area contributed by atoms with Crippen LogP contribution in [0.15, 0.2) is 66.1 Å². The van der Waals surface area contributed by atoms with Gasteiger partial charge < -0.3 is 16.4 Å². The third kappa shape index (κ3) is 6.41. The van der Waals surface area contributed by atoms with Gasteiger partial charge >= 0.3 is 0 Å². The van der Waals surface area contributed by atoms with Crippen molar-refractivity contribution in [3.05, 3.63) is 95.1 Å². The second kappa shape index (κ2) is 13.3. The first-order chi connectivity index (χ1) is 20.4. The fraction of sp³-hybridized carbons (Fsp3) is 0.194. The van der Waals surface area contributed by atoms with E-state index in [9.17, 15) is 8.78 Å². The van der Waals surface area contributed by atoms with Crippen LogP contribution in [-0.4, -0.2) is 20.2 Å². The molecule has 0 unspecified atom stereocenters.